The van der Waals surface area contributed by atoms with Crippen molar-refractivity contribution in [1.29, 1.82) is 0 Å². The number of hydrogen-bond donors (Lipinski definition) is 0. The van der Waals surface area contributed by atoms with Crippen LogP contribution in [0.4, 0.5) is 0 Å². The van der Waals surface area contributed by atoms with E-state index in [1.54, 1.807) is 5.92 Å². The molecule has 0 heteroatoms. The van der Waals surface area contributed by atoms with Crippen LogP contribution in [-0.2, 0) is 0 Å². The smallest absolute Gasteiger partial charge is 0.00923 e. The predicted molar refractivity (Wildman–Crippen MR) is 93.8 cm³/mol. The van der Waals surface area contributed by atoms with Crippen molar-refractivity contribution >= 4 is 0 Å². The van der Waals surface area contributed by atoms with Crippen molar-refractivity contribution in [2.45, 2.75) is 96.4 Å². The molecule has 0 spiro atoms. The third kappa shape index (κ3) is 3.60. The summed E-state index contributed by atoms with van der Waals surface area (Å²) in [6.45, 7) is 31.3. The van der Waals surface area contributed by atoms with Crippen molar-refractivity contribution in [1.82, 2.24) is 0 Å². The van der Waals surface area contributed by atoms with Crippen molar-refractivity contribution in [2.24, 2.45) is 27.1 Å². The van der Waals surface area contributed by atoms with Gasteiger partial charge in [0.15, 0.2) is 0 Å². The molecule has 0 saturated carbocycles. The standard InChI is InChI=1S/C20H41/c1-15(14-16(2,3)4)20(17(5,6)7,18(8,9)10)19(11,12)13/h14H2,1-13H3. The topological polar surface area (TPSA) is 0 Å². The molecule has 0 unspecified atom stereocenters. The van der Waals surface area contributed by atoms with E-state index in [4.69, 9.17) is 0 Å². The molecule has 0 rings (SSSR count). The van der Waals surface area contributed by atoms with Gasteiger partial charge in [0.1, 0.15) is 0 Å². The second-order valence-electron chi connectivity index (χ2n) is 11.0. The quantitative estimate of drug-likeness (QED) is 0.504. The van der Waals surface area contributed by atoms with Crippen LogP contribution in [0, 0.1) is 33.0 Å². The fourth-order valence-electron chi connectivity index (χ4n) is 6.22. The van der Waals surface area contributed by atoms with Crippen molar-refractivity contribution < 1.29 is 0 Å². The van der Waals surface area contributed by atoms with Gasteiger partial charge in [-0.25, -0.2) is 0 Å². The summed E-state index contributed by atoms with van der Waals surface area (Å²) in [5.74, 6) is 1.66. The Kier molecular flexibility index (Phi) is 5.33. The average Bonchev–Trinajstić information content (AvgIpc) is 1.88. The molecule has 0 bridgehead atoms. The maximum absolute atomic E-state index is 2.43. The van der Waals surface area contributed by atoms with Gasteiger partial charge in [-0.2, -0.15) is 0 Å². The van der Waals surface area contributed by atoms with Gasteiger partial charge in [0.25, 0.3) is 0 Å². The first-order chi connectivity index (χ1) is 8.38. The van der Waals surface area contributed by atoms with Crippen molar-refractivity contribution in [3.05, 3.63) is 5.92 Å². The minimum absolute atomic E-state index is 0.195. The zero-order chi connectivity index (χ0) is 16.8. The summed E-state index contributed by atoms with van der Waals surface area (Å²) in [6, 6.07) is 0. The van der Waals surface area contributed by atoms with E-state index in [0.717, 1.165) is 0 Å². The van der Waals surface area contributed by atoms with Gasteiger partial charge < -0.3 is 0 Å². The molecule has 0 aliphatic carbocycles. The lowest BCUT2D eigenvalue weighted by atomic mass is 9.39. The first kappa shape index (κ1) is 20.0. The zero-order valence-corrected chi connectivity index (χ0v) is 16.7. The first-order valence-electron chi connectivity index (χ1n) is 8.21. The Hall–Kier alpha value is 0. The summed E-state index contributed by atoms with van der Waals surface area (Å²) < 4.78 is 0. The zero-order valence-electron chi connectivity index (χ0n) is 16.7. The van der Waals surface area contributed by atoms with E-state index in [9.17, 15) is 0 Å². The fourth-order valence-corrected chi connectivity index (χ4v) is 6.22. The Labute approximate surface area is 130 Å². The van der Waals surface area contributed by atoms with Gasteiger partial charge in [-0.05, 0) is 39.4 Å². The van der Waals surface area contributed by atoms with Crippen LogP contribution >= 0.6 is 0 Å². The normalized spacial score (nSPS) is 15.9. The molecular formula is C20H41. The lowest BCUT2D eigenvalue weighted by Crippen LogP contribution is -2.58. The largest absolute Gasteiger partial charge is 0.0602 e. The van der Waals surface area contributed by atoms with E-state index >= 15 is 0 Å². The highest BCUT2D eigenvalue weighted by Crippen LogP contribution is 2.67. The molecule has 0 aromatic heterocycles. The second kappa shape index (κ2) is 5.33. The van der Waals surface area contributed by atoms with Crippen LogP contribution < -0.4 is 0 Å². The van der Waals surface area contributed by atoms with E-state index in [2.05, 4.69) is 90.0 Å². The third-order valence-corrected chi connectivity index (χ3v) is 4.81. The molecule has 0 N–H and O–H groups in total. The monoisotopic (exact) mass is 281 g/mol. The van der Waals surface area contributed by atoms with E-state index in [-0.39, 0.29) is 21.7 Å². The summed E-state index contributed by atoms with van der Waals surface area (Å²) in [5.41, 5.74) is 1.24. The molecular weight excluding hydrogens is 240 g/mol. The summed E-state index contributed by atoms with van der Waals surface area (Å²) in [7, 11) is 0. The van der Waals surface area contributed by atoms with E-state index in [1.807, 2.05) is 0 Å². The molecule has 121 valence electrons. The molecule has 0 aromatic rings. The Morgan fingerprint density at radius 3 is 0.950 bits per heavy atom. The lowest BCUT2D eigenvalue weighted by Gasteiger charge is -2.65. The van der Waals surface area contributed by atoms with E-state index in [1.165, 1.54) is 6.42 Å². The van der Waals surface area contributed by atoms with Gasteiger partial charge in [-0.3, -0.25) is 0 Å². The van der Waals surface area contributed by atoms with Crippen molar-refractivity contribution in [3.8, 4) is 0 Å². The molecule has 1 radical (unpaired) electrons. The Morgan fingerprint density at radius 1 is 0.550 bits per heavy atom. The maximum Gasteiger partial charge on any atom is -0.00923 e. The van der Waals surface area contributed by atoms with E-state index in [0.29, 0.717) is 5.41 Å². The van der Waals surface area contributed by atoms with Crippen LogP contribution in [0.15, 0.2) is 0 Å². The summed E-state index contributed by atoms with van der Waals surface area (Å²) in [5, 5.41) is 0. The second-order valence-corrected chi connectivity index (χ2v) is 11.0. The molecule has 20 heavy (non-hydrogen) atoms. The maximum atomic E-state index is 2.43. The Morgan fingerprint density at radius 2 is 0.800 bits per heavy atom. The average molecular weight is 282 g/mol. The molecule has 0 aromatic carbocycles. The molecule has 0 aliphatic heterocycles. The van der Waals surface area contributed by atoms with Crippen LogP contribution in [0.3, 0.4) is 0 Å². The minimum Gasteiger partial charge on any atom is -0.0602 e. The number of hydrogen-bond acceptors (Lipinski definition) is 0. The fraction of sp³-hybridized carbons (Fsp3) is 0.950. The van der Waals surface area contributed by atoms with Gasteiger partial charge in [0.05, 0.1) is 0 Å². The van der Waals surface area contributed by atoms with Gasteiger partial charge >= 0.3 is 0 Å². The van der Waals surface area contributed by atoms with Gasteiger partial charge in [0, 0.05) is 0 Å². The highest BCUT2D eigenvalue weighted by molar-refractivity contribution is 5.20. The Balaban J connectivity index is 6.19. The highest BCUT2D eigenvalue weighted by Gasteiger charge is 2.60. The SMILES string of the molecule is C[C](CC(C)(C)C)C(C(C)(C)C)(C(C)(C)C)C(C)(C)C. The van der Waals surface area contributed by atoms with Crippen molar-refractivity contribution in [3.63, 3.8) is 0 Å². The molecule has 0 amide bonds. The minimum atomic E-state index is 0.195. The molecule has 0 atom stereocenters. The van der Waals surface area contributed by atoms with Crippen LogP contribution in [0.2, 0.25) is 0 Å². The molecule has 0 aliphatic rings. The van der Waals surface area contributed by atoms with E-state index < -0.39 is 0 Å². The predicted octanol–water partition coefficient (Wildman–Crippen LogP) is 7.14. The molecule has 0 nitrogen and oxygen atoms in total. The van der Waals surface area contributed by atoms with Crippen LogP contribution in [-0.4, -0.2) is 0 Å². The third-order valence-electron chi connectivity index (χ3n) is 4.81. The summed E-state index contributed by atoms with van der Waals surface area (Å²) >= 11 is 0. The first-order valence-corrected chi connectivity index (χ1v) is 8.21. The lowest BCUT2D eigenvalue weighted by molar-refractivity contribution is -0.113. The Bertz CT molecular complexity index is 270. The van der Waals surface area contributed by atoms with Crippen LogP contribution in [0.25, 0.3) is 0 Å². The summed E-state index contributed by atoms with van der Waals surface area (Å²) in [6.07, 6.45) is 1.19. The molecule has 0 fully saturated rings. The van der Waals surface area contributed by atoms with Crippen LogP contribution in [0.1, 0.15) is 96.4 Å². The van der Waals surface area contributed by atoms with Gasteiger partial charge in [-0.15, -0.1) is 0 Å². The summed E-state index contributed by atoms with van der Waals surface area (Å²) in [4.78, 5) is 0. The van der Waals surface area contributed by atoms with Gasteiger partial charge in [0.2, 0.25) is 0 Å². The molecule has 0 saturated heterocycles. The molecule has 0 heterocycles. The van der Waals surface area contributed by atoms with Crippen LogP contribution in [0.5, 0.6) is 0 Å². The van der Waals surface area contributed by atoms with Crippen molar-refractivity contribution in [2.75, 3.05) is 0 Å². The number of rotatable bonds is 2. The highest BCUT2D eigenvalue weighted by atomic mass is 14.6. The van der Waals surface area contributed by atoms with Gasteiger partial charge in [-0.1, -0.05) is 90.0 Å².